The molecule has 2 fully saturated rings. The molecule has 2 aliphatic heterocycles. The molecule has 1 atom stereocenters. The molecule has 2 saturated heterocycles. The number of nitrogens with one attached hydrogen (secondary N) is 1. The van der Waals surface area contributed by atoms with Crippen molar-refractivity contribution in [1.29, 1.82) is 0 Å². The summed E-state index contributed by atoms with van der Waals surface area (Å²) >= 11 is 0. The molecule has 1 amide bonds. The van der Waals surface area contributed by atoms with E-state index in [1.165, 1.54) is 6.07 Å². The van der Waals surface area contributed by atoms with Crippen LogP contribution in [-0.2, 0) is 4.74 Å². The number of rotatable bonds is 5. The second kappa shape index (κ2) is 7.79. The van der Waals surface area contributed by atoms with Crippen LogP contribution in [0.5, 0.6) is 0 Å². The molecule has 2 heterocycles. The molecule has 8 nitrogen and oxygen atoms in total. The summed E-state index contributed by atoms with van der Waals surface area (Å²) < 4.78 is 5.47. The lowest BCUT2D eigenvalue weighted by Crippen LogP contribution is -2.44. The highest BCUT2D eigenvalue weighted by atomic mass is 16.6. The summed E-state index contributed by atoms with van der Waals surface area (Å²) in [7, 11) is 2.03. The molecule has 0 saturated carbocycles. The molecule has 0 aliphatic carbocycles. The first-order chi connectivity index (χ1) is 12.0. The summed E-state index contributed by atoms with van der Waals surface area (Å²) in [5.74, 6) is -0.302. The summed E-state index contributed by atoms with van der Waals surface area (Å²) in [6.45, 7) is 4.37. The van der Waals surface area contributed by atoms with E-state index >= 15 is 0 Å². The van der Waals surface area contributed by atoms with Crippen LogP contribution in [0.3, 0.4) is 0 Å². The van der Waals surface area contributed by atoms with Gasteiger partial charge in [-0.25, -0.2) is 0 Å². The lowest BCUT2D eigenvalue weighted by molar-refractivity contribution is -0.384. The van der Waals surface area contributed by atoms with E-state index in [1.54, 1.807) is 12.1 Å². The number of hydrogen-bond acceptors (Lipinski definition) is 6. The molecular weight excluding hydrogens is 324 g/mol. The maximum Gasteiger partial charge on any atom is 0.293 e. The van der Waals surface area contributed by atoms with E-state index in [1.807, 2.05) is 11.9 Å². The summed E-state index contributed by atoms with van der Waals surface area (Å²) in [4.78, 5) is 27.6. The van der Waals surface area contributed by atoms with E-state index in [9.17, 15) is 14.9 Å². The number of piperazine rings is 1. The van der Waals surface area contributed by atoms with Crippen LogP contribution in [0.25, 0.3) is 0 Å². The predicted octanol–water partition coefficient (Wildman–Crippen LogP) is 1.26. The highest BCUT2D eigenvalue weighted by molar-refractivity contribution is 5.95. The average Bonchev–Trinajstić information content (AvgIpc) is 3.13. The van der Waals surface area contributed by atoms with Gasteiger partial charge in [-0.2, -0.15) is 0 Å². The van der Waals surface area contributed by atoms with Crippen LogP contribution in [0.2, 0.25) is 0 Å². The third-order valence-corrected chi connectivity index (χ3v) is 4.79. The van der Waals surface area contributed by atoms with Crippen LogP contribution < -0.4 is 10.2 Å². The molecule has 0 radical (unpaired) electrons. The van der Waals surface area contributed by atoms with E-state index in [-0.39, 0.29) is 17.7 Å². The second-order valence-corrected chi connectivity index (χ2v) is 6.60. The Bertz CT molecular complexity index is 638. The monoisotopic (exact) mass is 348 g/mol. The number of nitro benzene ring substituents is 1. The zero-order valence-electron chi connectivity index (χ0n) is 14.4. The Balaban J connectivity index is 1.71. The van der Waals surface area contributed by atoms with Crippen molar-refractivity contribution in [1.82, 2.24) is 10.2 Å². The molecule has 1 aromatic rings. The topological polar surface area (TPSA) is 88.0 Å². The molecule has 8 heteroatoms. The molecule has 1 unspecified atom stereocenters. The van der Waals surface area contributed by atoms with Crippen molar-refractivity contribution in [2.75, 3.05) is 51.3 Å². The van der Waals surface area contributed by atoms with Crippen LogP contribution in [0.1, 0.15) is 23.2 Å². The SMILES string of the molecule is CN1CCN(c2ccc(C(=O)NCC3CCCO3)cc2[N+](=O)[O-])CC1. The first-order valence-corrected chi connectivity index (χ1v) is 8.66. The highest BCUT2D eigenvalue weighted by Crippen LogP contribution is 2.30. The first-order valence-electron chi connectivity index (χ1n) is 8.66. The highest BCUT2D eigenvalue weighted by Gasteiger charge is 2.24. The number of nitro groups is 1. The summed E-state index contributed by atoms with van der Waals surface area (Å²) in [5, 5.41) is 14.3. The number of carbonyl (C=O) groups excluding carboxylic acids is 1. The number of hydrogen-bond donors (Lipinski definition) is 1. The van der Waals surface area contributed by atoms with Crippen LogP contribution in [0.4, 0.5) is 11.4 Å². The fourth-order valence-corrected chi connectivity index (χ4v) is 3.24. The normalized spacial score (nSPS) is 21.3. The largest absolute Gasteiger partial charge is 0.376 e. The number of amides is 1. The molecule has 0 bridgehead atoms. The van der Waals surface area contributed by atoms with Gasteiger partial charge in [0.15, 0.2) is 0 Å². The van der Waals surface area contributed by atoms with Crippen molar-refractivity contribution < 1.29 is 14.5 Å². The molecule has 3 rings (SSSR count). The van der Waals surface area contributed by atoms with Gasteiger partial charge in [-0.1, -0.05) is 0 Å². The maximum atomic E-state index is 12.3. The zero-order chi connectivity index (χ0) is 17.8. The fourth-order valence-electron chi connectivity index (χ4n) is 3.24. The minimum atomic E-state index is -0.412. The van der Waals surface area contributed by atoms with Gasteiger partial charge in [-0.05, 0) is 32.0 Å². The summed E-state index contributed by atoms with van der Waals surface area (Å²) in [5.41, 5.74) is 0.866. The number of anilines is 1. The zero-order valence-corrected chi connectivity index (χ0v) is 14.4. The third kappa shape index (κ3) is 4.26. The van der Waals surface area contributed by atoms with Gasteiger partial charge >= 0.3 is 0 Å². The van der Waals surface area contributed by atoms with Crippen molar-refractivity contribution in [2.45, 2.75) is 18.9 Å². The summed E-state index contributed by atoms with van der Waals surface area (Å²) in [6.07, 6.45) is 1.98. The van der Waals surface area contributed by atoms with E-state index < -0.39 is 4.92 Å². The Hall–Kier alpha value is -2.19. The number of nitrogens with zero attached hydrogens (tertiary/aromatic N) is 3. The Kier molecular flexibility index (Phi) is 5.50. The minimum Gasteiger partial charge on any atom is -0.376 e. The van der Waals surface area contributed by atoms with Crippen molar-refractivity contribution in [2.24, 2.45) is 0 Å². The molecule has 1 aromatic carbocycles. The number of ether oxygens (including phenoxy) is 1. The van der Waals surface area contributed by atoms with Gasteiger partial charge in [0.25, 0.3) is 11.6 Å². The van der Waals surface area contributed by atoms with Crippen molar-refractivity contribution in [3.8, 4) is 0 Å². The van der Waals surface area contributed by atoms with Gasteiger partial charge in [-0.15, -0.1) is 0 Å². The molecular formula is C17H24N4O4. The molecule has 2 aliphatic rings. The standard InChI is InChI=1S/C17H24N4O4/c1-19-6-8-20(9-7-19)15-5-4-13(11-16(15)21(23)24)17(22)18-12-14-3-2-10-25-14/h4-5,11,14H,2-3,6-10,12H2,1H3,(H,18,22). The Morgan fingerprint density at radius 2 is 2.12 bits per heavy atom. The smallest absolute Gasteiger partial charge is 0.293 e. The van der Waals surface area contributed by atoms with Crippen molar-refractivity contribution >= 4 is 17.3 Å². The lowest BCUT2D eigenvalue weighted by Gasteiger charge is -2.33. The second-order valence-electron chi connectivity index (χ2n) is 6.60. The van der Waals surface area contributed by atoms with Gasteiger partial charge in [0, 0.05) is 51.0 Å². The van der Waals surface area contributed by atoms with Gasteiger partial charge in [0.2, 0.25) is 0 Å². The Morgan fingerprint density at radius 3 is 2.76 bits per heavy atom. The predicted molar refractivity (Wildman–Crippen MR) is 94.1 cm³/mol. The third-order valence-electron chi connectivity index (χ3n) is 4.79. The van der Waals surface area contributed by atoms with Crippen molar-refractivity contribution in [3.05, 3.63) is 33.9 Å². The molecule has 0 spiro atoms. The lowest BCUT2D eigenvalue weighted by atomic mass is 10.1. The number of likely N-dealkylation sites (N-methyl/N-ethyl adjacent to an activating group) is 1. The number of carbonyl (C=O) groups is 1. The van der Waals surface area contributed by atoms with Gasteiger partial charge in [0.05, 0.1) is 11.0 Å². The van der Waals surface area contributed by atoms with E-state index in [4.69, 9.17) is 4.74 Å². The Morgan fingerprint density at radius 1 is 1.36 bits per heavy atom. The van der Waals surface area contributed by atoms with Crippen LogP contribution in [0.15, 0.2) is 18.2 Å². The number of benzene rings is 1. The first kappa shape index (κ1) is 17.6. The Labute approximate surface area is 146 Å². The van der Waals surface area contributed by atoms with E-state index in [2.05, 4.69) is 10.2 Å². The fraction of sp³-hybridized carbons (Fsp3) is 0.588. The van der Waals surface area contributed by atoms with Crippen LogP contribution >= 0.6 is 0 Å². The molecule has 1 N–H and O–H groups in total. The summed E-state index contributed by atoms with van der Waals surface area (Å²) in [6, 6.07) is 4.72. The minimum absolute atomic E-state index is 0.0191. The van der Waals surface area contributed by atoms with Gasteiger partial charge in [0.1, 0.15) is 5.69 Å². The molecule has 136 valence electrons. The maximum absolute atomic E-state index is 12.3. The quantitative estimate of drug-likeness (QED) is 0.637. The van der Waals surface area contributed by atoms with Gasteiger partial charge < -0.3 is 19.9 Å². The molecule has 0 aromatic heterocycles. The molecule has 25 heavy (non-hydrogen) atoms. The van der Waals surface area contributed by atoms with Crippen molar-refractivity contribution in [3.63, 3.8) is 0 Å². The van der Waals surface area contributed by atoms with Crippen LogP contribution in [-0.4, -0.2) is 68.2 Å². The van der Waals surface area contributed by atoms with E-state index in [0.29, 0.717) is 17.8 Å². The average molecular weight is 348 g/mol. The van der Waals surface area contributed by atoms with Gasteiger partial charge in [-0.3, -0.25) is 14.9 Å². The van der Waals surface area contributed by atoms with Crippen LogP contribution in [0, 0.1) is 10.1 Å². The van der Waals surface area contributed by atoms with E-state index in [0.717, 1.165) is 45.6 Å².